The summed E-state index contributed by atoms with van der Waals surface area (Å²) in [5, 5.41) is 0. The highest BCUT2D eigenvalue weighted by molar-refractivity contribution is 5.26. The van der Waals surface area contributed by atoms with Crippen molar-refractivity contribution in [1.82, 2.24) is 0 Å². The average molecular weight is 272 g/mol. The zero-order chi connectivity index (χ0) is 13.7. The van der Waals surface area contributed by atoms with E-state index in [0.29, 0.717) is 0 Å². The van der Waals surface area contributed by atoms with Crippen molar-refractivity contribution in [2.75, 3.05) is 0 Å². The summed E-state index contributed by atoms with van der Waals surface area (Å²) in [6.07, 6.45) is 16.6. The van der Waals surface area contributed by atoms with Gasteiger partial charge in [-0.1, -0.05) is 37.8 Å². The van der Waals surface area contributed by atoms with E-state index in [-0.39, 0.29) is 0 Å². The third kappa shape index (κ3) is 2.01. The molecule has 0 heteroatoms. The third-order valence-corrected chi connectivity index (χ3v) is 7.65. The second-order valence-corrected chi connectivity index (χ2v) is 8.83. The van der Waals surface area contributed by atoms with E-state index >= 15 is 0 Å². The van der Waals surface area contributed by atoms with Gasteiger partial charge in [0.2, 0.25) is 0 Å². The van der Waals surface area contributed by atoms with Crippen LogP contribution in [0.4, 0.5) is 0 Å². The molecule has 0 radical (unpaired) electrons. The molecule has 4 aliphatic carbocycles. The van der Waals surface area contributed by atoms with Crippen molar-refractivity contribution in [3.63, 3.8) is 0 Å². The molecule has 112 valence electrons. The van der Waals surface area contributed by atoms with E-state index in [4.69, 9.17) is 0 Å². The Bertz CT molecular complexity index is 418. The van der Waals surface area contributed by atoms with Crippen molar-refractivity contribution in [3.8, 4) is 0 Å². The Balaban J connectivity index is 1.62. The number of rotatable bonds is 0. The van der Waals surface area contributed by atoms with Crippen LogP contribution in [0.3, 0.4) is 0 Å². The van der Waals surface area contributed by atoms with E-state index in [1.54, 1.807) is 6.42 Å². The first-order chi connectivity index (χ1) is 9.67. The van der Waals surface area contributed by atoms with E-state index in [2.05, 4.69) is 13.8 Å². The number of hydrogen-bond acceptors (Lipinski definition) is 0. The van der Waals surface area contributed by atoms with E-state index in [1.165, 1.54) is 64.2 Å². The van der Waals surface area contributed by atoms with Crippen molar-refractivity contribution >= 4 is 0 Å². The zero-order valence-electron chi connectivity index (χ0n) is 13.6. The smallest absolute Gasteiger partial charge is 0.0169 e. The summed E-state index contributed by atoms with van der Waals surface area (Å²) in [5.41, 5.74) is 4.62. The van der Waals surface area contributed by atoms with Crippen LogP contribution < -0.4 is 0 Å². The molecule has 0 spiro atoms. The molecule has 20 heavy (non-hydrogen) atoms. The highest BCUT2D eigenvalue weighted by Gasteiger charge is 2.49. The molecule has 4 aliphatic rings. The van der Waals surface area contributed by atoms with E-state index < -0.39 is 0 Å². The summed E-state index contributed by atoms with van der Waals surface area (Å²) >= 11 is 0. The van der Waals surface area contributed by atoms with Crippen LogP contribution >= 0.6 is 0 Å². The van der Waals surface area contributed by atoms with Gasteiger partial charge >= 0.3 is 0 Å². The molecule has 5 unspecified atom stereocenters. The van der Waals surface area contributed by atoms with E-state index in [9.17, 15) is 0 Å². The normalized spacial score (nSPS) is 48.3. The molecule has 0 aromatic heterocycles. The number of hydrogen-bond donors (Lipinski definition) is 0. The lowest BCUT2D eigenvalue weighted by Gasteiger charge is -2.55. The highest BCUT2D eigenvalue weighted by Crippen LogP contribution is 2.60. The Hall–Kier alpha value is -0.260. The molecule has 4 rings (SSSR count). The fourth-order valence-electron chi connectivity index (χ4n) is 6.57. The lowest BCUT2D eigenvalue weighted by atomic mass is 9.50. The fourth-order valence-corrected chi connectivity index (χ4v) is 6.57. The molecule has 0 nitrogen and oxygen atoms in total. The molecule has 2 saturated carbocycles. The Morgan fingerprint density at radius 3 is 2.75 bits per heavy atom. The molecular weight excluding hydrogens is 240 g/mol. The second kappa shape index (κ2) is 4.89. The van der Waals surface area contributed by atoms with Gasteiger partial charge in [0.15, 0.2) is 0 Å². The van der Waals surface area contributed by atoms with Crippen LogP contribution in [0.25, 0.3) is 0 Å². The standard InChI is InChI=1S/C20H32/c1-14-6-8-16-15(13-14)7-9-18-17(16)10-12-20(2)11-4-3-5-19(18)20/h14,17-19H,3-13H2,1-2H3. The zero-order valence-corrected chi connectivity index (χ0v) is 13.6. The predicted octanol–water partition coefficient (Wildman–Crippen LogP) is 6.12. The van der Waals surface area contributed by atoms with Crippen molar-refractivity contribution in [2.45, 2.75) is 84.5 Å². The first-order valence-corrected chi connectivity index (χ1v) is 9.38. The van der Waals surface area contributed by atoms with E-state index in [1.807, 2.05) is 11.1 Å². The Morgan fingerprint density at radius 2 is 1.85 bits per heavy atom. The minimum atomic E-state index is 0.722. The summed E-state index contributed by atoms with van der Waals surface area (Å²) in [7, 11) is 0. The number of allylic oxidation sites excluding steroid dienone is 2. The summed E-state index contributed by atoms with van der Waals surface area (Å²) in [6.45, 7) is 5.11. The fraction of sp³-hybridized carbons (Fsp3) is 0.900. The molecule has 0 aromatic rings. The molecule has 0 aliphatic heterocycles. The van der Waals surface area contributed by atoms with Crippen LogP contribution in [-0.4, -0.2) is 0 Å². The van der Waals surface area contributed by atoms with Gasteiger partial charge in [-0.05, 0) is 86.9 Å². The van der Waals surface area contributed by atoms with Gasteiger partial charge in [-0.2, -0.15) is 0 Å². The summed E-state index contributed by atoms with van der Waals surface area (Å²) in [4.78, 5) is 0. The lowest BCUT2D eigenvalue weighted by molar-refractivity contribution is -0.0180. The molecule has 0 amide bonds. The van der Waals surface area contributed by atoms with Crippen LogP contribution in [-0.2, 0) is 0 Å². The van der Waals surface area contributed by atoms with Crippen LogP contribution in [0.5, 0.6) is 0 Å². The predicted molar refractivity (Wildman–Crippen MR) is 85.6 cm³/mol. The van der Waals surface area contributed by atoms with Gasteiger partial charge in [0, 0.05) is 0 Å². The number of fused-ring (bicyclic) bond motifs is 4. The van der Waals surface area contributed by atoms with Gasteiger partial charge in [-0.25, -0.2) is 0 Å². The van der Waals surface area contributed by atoms with Gasteiger partial charge in [-0.15, -0.1) is 0 Å². The van der Waals surface area contributed by atoms with Gasteiger partial charge in [0.1, 0.15) is 0 Å². The highest BCUT2D eigenvalue weighted by atomic mass is 14.5. The maximum atomic E-state index is 2.64. The molecule has 0 bridgehead atoms. The largest absolute Gasteiger partial charge is 0.0704 e. The second-order valence-electron chi connectivity index (χ2n) is 8.83. The van der Waals surface area contributed by atoms with Crippen molar-refractivity contribution in [2.24, 2.45) is 29.1 Å². The Kier molecular flexibility index (Phi) is 3.28. The van der Waals surface area contributed by atoms with Gasteiger partial charge < -0.3 is 0 Å². The molecule has 0 saturated heterocycles. The topological polar surface area (TPSA) is 0 Å². The van der Waals surface area contributed by atoms with Crippen LogP contribution in [0.2, 0.25) is 0 Å². The average Bonchev–Trinajstić information content (AvgIpc) is 2.45. The lowest BCUT2D eigenvalue weighted by Crippen LogP contribution is -2.45. The molecule has 0 N–H and O–H groups in total. The third-order valence-electron chi connectivity index (χ3n) is 7.65. The maximum absolute atomic E-state index is 2.64. The van der Waals surface area contributed by atoms with Gasteiger partial charge in [0.25, 0.3) is 0 Å². The minimum absolute atomic E-state index is 0.722. The van der Waals surface area contributed by atoms with Crippen molar-refractivity contribution in [3.05, 3.63) is 11.1 Å². The van der Waals surface area contributed by atoms with E-state index in [0.717, 1.165) is 29.1 Å². The molecule has 2 fully saturated rings. The SMILES string of the molecule is CC1CCC2=C(CCC3C2CCC2(C)CCCCC32)C1. The molecule has 0 heterocycles. The summed E-state index contributed by atoms with van der Waals surface area (Å²) in [6, 6.07) is 0. The monoisotopic (exact) mass is 272 g/mol. The van der Waals surface area contributed by atoms with Crippen LogP contribution in [0.1, 0.15) is 84.5 Å². The van der Waals surface area contributed by atoms with Crippen LogP contribution in [0.15, 0.2) is 11.1 Å². The van der Waals surface area contributed by atoms with Gasteiger partial charge in [-0.3, -0.25) is 0 Å². The summed E-state index contributed by atoms with van der Waals surface area (Å²) in [5.74, 6) is 4.13. The Morgan fingerprint density at radius 1 is 0.950 bits per heavy atom. The summed E-state index contributed by atoms with van der Waals surface area (Å²) < 4.78 is 0. The minimum Gasteiger partial charge on any atom is -0.0704 e. The van der Waals surface area contributed by atoms with Crippen molar-refractivity contribution < 1.29 is 0 Å². The quantitative estimate of drug-likeness (QED) is 0.466. The first-order valence-electron chi connectivity index (χ1n) is 9.38. The maximum Gasteiger partial charge on any atom is -0.0169 e. The van der Waals surface area contributed by atoms with Crippen LogP contribution in [0, 0.1) is 29.1 Å². The van der Waals surface area contributed by atoms with Gasteiger partial charge in [0.05, 0.1) is 0 Å². The van der Waals surface area contributed by atoms with Crippen molar-refractivity contribution in [1.29, 1.82) is 0 Å². The molecule has 5 atom stereocenters. The first kappa shape index (κ1) is 13.4. The molecule has 0 aromatic carbocycles. The Labute approximate surface area is 125 Å². The molecular formula is C20H32.